The summed E-state index contributed by atoms with van der Waals surface area (Å²) < 4.78 is 0. The van der Waals surface area contributed by atoms with Crippen molar-refractivity contribution in [1.82, 2.24) is 24.8 Å². The van der Waals surface area contributed by atoms with E-state index in [-0.39, 0.29) is 0 Å². The maximum absolute atomic E-state index is 5.10. The first-order valence-electron chi connectivity index (χ1n) is 11.4. The second kappa shape index (κ2) is 9.21. The second-order valence-electron chi connectivity index (χ2n) is 8.40. The van der Waals surface area contributed by atoms with Gasteiger partial charge in [-0.3, -0.25) is 9.88 Å². The van der Waals surface area contributed by atoms with E-state index in [9.17, 15) is 0 Å². The van der Waals surface area contributed by atoms with Crippen molar-refractivity contribution in [2.45, 2.75) is 13.5 Å². The third-order valence-electron chi connectivity index (χ3n) is 6.12. The monoisotopic (exact) mass is 484 g/mol. The van der Waals surface area contributed by atoms with Crippen LogP contribution in [-0.2, 0) is 6.54 Å². The van der Waals surface area contributed by atoms with Gasteiger partial charge in [0.1, 0.15) is 16.3 Å². The Morgan fingerprint density at radius 2 is 1.68 bits per heavy atom. The van der Waals surface area contributed by atoms with Gasteiger partial charge >= 0.3 is 0 Å². The molecule has 5 aromatic rings. The molecule has 0 radical (unpaired) electrons. The maximum Gasteiger partial charge on any atom is 0.181 e. The number of aromatic nitrogens is 4. The molecule has 8 heteroatoms. The quantitative estimate of drug-likeness (QED) is 0.328. The number of aryl methyl sites for hydroxylation is 1. The molecule has 1 aliphatic heterocycles. The number of rotatable bonds is 5. The Bertz CT molecular complexity index is 1410. The number of hydrogen-bond donors (Lipinski definition) is 0. The zero-order valence-electron chi connectivity index (χ0n) is 18.9. The first-order valence-corrected chi connectivity index (χ1v) is 13.1. The van der Waals surface area contributed by atoms with E-state index in [4.69, 9.17) is 9.97 Å². The van der Waals surface area contributed by atoms with E-state index in [0.29, 0.717) is 5.82 Å². The lowest BCUT2D eigenvalue weighted by Gasteiger charge is -2.35. The van der Waals surface area contributed by atoms with Crippen LogP contribution in [0.1, 0.15) is 10.7 Å². The van der Waals surface area contributed by atoms with E-state index in [0.717, 1.165) is 59.5 Å². The Labute approximate surface area is 206 Å². The molecule has 5 heterocycles. The fraction of sp³-hybridized carbons (Fsp3) is 0.231. The molecule has 1 aliphatic rings. The molecule has 0 atom stereocenters. The highest BCUT2D eigenvalue weighted by atomic mass is 32.1. The van der Waals surface area contributed by atoms with Crippen molar-refractivity contribution in [3.05, 3.63) is 76.2 Å². The molecule has 170 valence electrons. The van der Waals surface area contributed by atoms with E-state index < -0.39 is 0 Å². The molecule has 0 saturated carbocycles. The molecule has 0 spiro atoms. The maximum atomic E-state index is 5.10. The lowest BCUT2D eigenvalue weighted by Crippen LogP contribution is -2.46. The average molecular weight is 485 g/mol. The molecular formula is C26H24N6S2. The molecule has 34 heavy (non-hydrogen) atoms. The smallest absolute Gasteiger partial charge is 0.181 e. The van der Waals surface area contributed by atoms with Crippen molar-refractivity contribution in [3.63, 3.8) is 0 Å². The number of fused-ring (bicyclic) bond motifs is 1. The standard InChI is InChI=1S/C26H24N6S2/c1-18-28-20(16-33-18)15-31-11-13-32(14-12-31)25-23-21(19-7-3-2-4-8-19)17-34-26(23)30-24(29-25)22-9-5-6-10-27-22/h2-10,16-17H,11-15H2,1H3. The van der Waals surface area contributed by atoms with Gasteiger partial charge in [-0.15, -0.1) is 22.7 Å². The number of thiazole rings is 1. The second-order valence-corrected chi connectivity index (χ2v) is 10.3. The number of anilines is 1. The van der Waals surface area contributed by atoms with Crippen molar-refractivity contribution < 1.29 is 0 Å². The van der Waals surface area contributed by atoms with Gasteiger partial charge in [-0.1, -0.05) is 36.4 Å². The lowest BCUT2D eigenvalue weighted by atomic mass is 10.1. The minimum atomic E-state index is 0.685. The van der Waals surface area contributed by atoms with Gasteiger partial charge in [0.2, 0.25) is 0 Å². The Morgan fingerprint density at radius 3 is 2.41 bits per heavy atom. The topological polar surface area (TPSA) is 58.0 Å². The summed E-state index contributed by atoms with van der Waals surface area (Å²) in [6.45, 7) is 6.76. The predicted molar refractivity (Wildman–Crippen MR) is 140 cm³/mol. The normalized spacial score (nSPS) is 14.7. The Balaban J connectivity index is 1.37. The first kappa shape index (κ1) is 21.3. The Kier molecular flexibility index (Phi) is 5.78. The van der Waals surface area contributed by atoms with E-state index in [1.165, 1.54) is 16.8 Å². The number of pyridine rings is 1. The molecule has 1 fully saturated rings. The van der Waals surface area contributed by atoms with E-state index in [1.54, 1.807) is 28.9 Å². The van der Waals surface area contributed by atoms with Crippen LogP contribution < -0.4 is 4.90 Å². The summed E-state index contributed by atoms with van der Waals surface area (Å²) in [5.41, 5.74) is 4.37. The number of piperazine rings is 1. The zero-order chi connectivity index (χ0) is 22.9. The minimum Gasteiger partial charge on any atom is -0.353 e. The van der Waals surface area contributed by atoms with Crippen molar-refractivity contribution in [2.24, 2.45) is 0 Å². The van der Waals surface area contributed by atoms with Gasteiger partial charge in [0, 0.05) is 55.2 Å². The number of hydrogen-bond acceptors (Lipinski definition) is 8. The number of thiophene rings is 1. The van der Waals surface area contributed by atoms with Gasteiger partial charge in [0.25, 0.3) is 0 Å². The summed E-state index contributed by atoms with van der Waals surface area (Å²) in [6.07, 6.45) is 1.80. The molecule has 0 N–H and O–H groups in total. The minimum absolute atomic E-state index is 0.685. The van der Waals surface area contributed by atoms with Crippen LogP contribution in [-0.4, -0.2) is 51.0 Å². The highest BCUT2D eigenvalue weighted by molar-refractivity contribution is 7.17. The van der Waals surface area contributed by atoms with Crippen LogP contribution >= 0.6 is 22.7 Å². The van der Waals surface area contributed by atoms with Crippen LogP contribution in [0, 0.1) is 6.92 Å². The molecule has 0 unspecified atom stereocenters. The van der Waals surface area contributed by atoms with Crippen LogP contribution in [0.5, 0.6) is 0 Å². The third kappa shape index (κ3) is 4.20. The largest absolute Gasteiger partial charge is 0.353 e. The van der Waals surface area contributed by atoms with Crippen molar-refractivity contribution in [1.29, 1.82) is 0 Å². The van der Waals surface area contributed by atoms with Gasteiger partial charge in [-0.25, -0.2) is 15.0 Å². The van der Waals surface area contributed by atoms with Gasteiger partial charge in [0.05, 0.1) is 16.1 Å². The Morgan fingerprint density at radius 1 is 0.853 bits per heavy atom. The van der Waals surface area contributed by atoms with Crippen LogP contribution in [0.4, 0.5) is 5.82 Å². The van der Waals surface area contributed by atoms with Crippen molar-refractivity contribution in [3.8, 4) is 22.6 Å². The fourth-order valence-corrected chi connectivity index (χ4v) is 5.97. The summed E-state index contributed by atoms with van der Waals surface area (Å²) in [5.74, 6) is 1.69. The first-order chi connectivity index (χ1) is 16.7. The van der Waals surface area contributed by atoms with Gasteiger partial charge in [0.15, 0.2) is 5.82 Å². The number of nitrogens with zero attached hydrogens (tertiary/aromatic N) is 6. The molecule has 0 bridgehead atoms. The number of benzene rings is 1. The molecule has 0 aliphatic carbocycles. The van der Waals surface area contributed by atoms with Crippen LogP contribution in [0.15, 0.2) is 65.5 Å². The third-order valence-corrected chi connectivity index (χ3v) is 7.81. The summed E-state index contributed by atoms with van der Waals surface area (Å²) in [5, 5.41) is 6.65. The summed E-state index contributed by atoms with van der Waals surface area (Å²) in [4.78, 5) is 25.1. The zero-order valence-corrected chi connectivity index (χ0v) is 20.5. The van der Waals surface area contributed by atoms with Crippen LogP contribution in [0.3, 0.4) is 0 Å². The summed E-state index contributed by atoms with van der Waals surface area (Å²) >= 11 is 3.40. The molecule has 0 amide bonds. The molecule has 1 aromatic carbocycles. The highest BCUT2D eigenvalue weighted by Gasteiger charge is 2.24. The molecule has 1 saturated heterocycles. The SMILES string of the molecule is Cc1nc(CN2CCN(c3nc(-c4ccccn4)nc4scc(-c5ccccc5)c34)CC2)cs1. The lowest BCUT2D eigenvalue weighted by molar-refractivity contribution is 0.247. The highest BCUT2D eigenvalue weighted by Crippen LogP contribution is 2.39. The van der Waals surface area contributed by atoms with Crippen LogP contribution in [0.2, 0.25) is 0 Å². The van der Waals surface area contributed by atoms with E-state index in [2.05, 4.69) is 67.8 Å². The molecule has 6 nitrogen and oxygen atoms in total. The van der Waals surface area contributed by atoms with Crippen molar-refractivity contribution >= 4 is 38.7 Å². The summed E-state index contributed by atoms with van der Waals surface area (Å²) in [6, 6.07) is 16.4. The average Bonchev–Trinajstić information content (AvgIpc) is 3.51. The molecule has 4 aromatic heterocycles. The predicted octanol–water partition coefficient (Wildman–Crippen LogP) is 5.51. The Hall–Kier alpha value is -3.20. The van der Waals surface area contributed by atoms with Crippen LogP contribution in [0.25, 0.3) is 32.9 Å². The summed E-state index contributed by atoms with van der Waals surface area (Å²) in [7, 11) is 0. The fourth-order valence-electron chi connectivity index (χ4n) is 4.42. The van der Waals surface area contributed by atoms with Gasteiger partial charge < -0.3 is 4.90 Å². The van der Waals surface area contributed by atoms with E-state index in [1.807, 2.05) is 18.2 Å². The van der Waals surface area contributed by atoms with Crippen molar-refractivity contribution in [2.75, 3.05) is 31.1 Å². The van der Waals surface area contributed by atoms with Gasteiger partial charge in [-0.05, 0) is 24.6 Å². The molecule has 6 rings (SSSR count). The van der Waals surface area contributed by atoms with E-state index >= 15 is 0 Å². The molecular weight excluding hydrogens is 460 g/mol. The van der Waals surface area contributed by atoms with Gasteiger partial charge in [-0.2, -0.15) is 0 Å².